The molecular weight excluding hydrogens is 140 g/mol. The first-order valence-corrected chi connectivity index (χ1v) is 3.12. The molecule has 0 spiro atoms. The number of hydrogen-bond donors (Lipinski definition) is 2. The molecule has 60 valence electrons. The van der Waals surface area contributed by atoms with Crippen molar-refractivity contribution < 1.29 is 0 Å². The van der Waals surface area contributed by atoms with Gasteiger partial charge in [0.15, 0.2) is 0 Å². The van der Waals surface area contributed by atoms with Gasteiger partial charge in [0.2, 0.25) is 0 Å². The molecule has 0 radical (unpaired) electrons. The summed E-state index contributed by atoms with van der Waals surface area (Å²) in [6.45, 7) is 5.21. The average molecular weight is 152 g/mol. The maximum absolute atomic E-state index is 6.96. The smallest absolute Gasteiger partial charge is 0.117 e. The topological polar surface area (TPSA) is 60.6 Å². The second-order valence-electron chi connectivity index (χ2n) is 1.90. The van der Waals surface area contributed by atoms with Crippen molar-refractivity contribution in [3.8, 4) is 0 Å². The molecule has 0 heterocycles. The highest BCUT2D eigenvalue weighted by Crippen LogP contribution is 1.77. The summed E-state index contributed by atoms with van der Waals surface area (Å²) in [4.78, 5) is 7.40. The first kappa shape index (κ1) is 9.55. The second-order valence-corrected chi connectivity index (χ2v) is 1.90. The lowest BCUT2D eigenvalue weighted by Gasteiger charge is -1.94. The average Bonchev–Trinajstić information content (AvgIpc) is 1.97. The van der Waals surface area contributed by atoms with Crippen molar-refractivity contribution in [3.05, 3.63) is 12.3 Å². The van der Waals surface area contributed by atoms with Gasteiger partial charge in [0, 0.05) is 7.05 Å². The van der Waals surface area contributed by atoms with E-state index >= 15 is 0 Å². The minimum atomic E-state index is 0.251. The Bertz CT molecular complexity index is 202. The Morgan fingerprint density at radius 3 is 2.73 bits per heavy atom. The Labute approximate surface area is 66.3 Å². The van der Waals surface area contributed by atoms with Crippen LogP contribution >= 0.6 is 0 Å². The summed E-state index contributed by atoms with van der Waals surface area (Å²) < 4.78 is 0. The van der Waals surface area contributed by atoms with E-state index in [9.17, 15) is 0 Å². The van der Waals surface area contributed by atoms with E-state index < -0.39 is 0 Å². The molecule has 0 saturated carbocycles. The largest absolute Gasteiger partial charge is 0.346 e. The van der Waals surface area contributed by atoms with Crippen LogP contribution in [0, 0.1) is 5.41 Å². The summed E-state index contributed by atoms with van der Waals surface area (Å²) in [5.41, 5.74) is 0.613. The molecule has 0 amide bonds. The third-order valence-corrected chi connectivity index (χ3v) is 0.793. The fraction of sp³-hybridized carbons (Fsp3) is 0.286. The number of nitrogens with one attached hydrogen (secondary N) is 2. The monoisotopic (exact) mass is 152 g/mol. The molecule has 0 bridgehead atoms. The summed E-state index contributed by atoms with van der Waals surface area (Å²) in [7, 11) is 1.65. The molecule has 0 aromatic carbocycles. The Kier molecular flexibility index (Phi) is 4.64. The lowest BCUT2D eigenvalue weighted by molar-refractivity contribution is 1.24. The van der Waals surface area contributed by atoms with Crippen LogP contribution in [0.4, 0.5) is 0 Å². The van der Waals surface area contributed by atoms with Crippen molar-refractivity contribution in [2.45, 2.75) is 6.92 Å². The minimum absolute atomic E-state index is 0.251. The molecule has 11 heavy (non-hydrogen) atoms. The van der Waals surface area contributed by atoms with Crippen LogP contribution in [0.2, 0.25) is 0 Å². The molecule has 0 fully saturated rings. The van der Waals surface area contributed by atoms with Gasteiger partial charge in [-0.1, -0.05) is 6.58 Å². The zero-order valence-corrected chi connectivity index (χ0v) is 6.76. The third-order valence-electron chi connectivity index (χ3n) is 0.793. The van der Waals surface area contributed by atoms with Crippen LogP contribution in [0.3, 0.4) is 0 Å². The van der Waals surface area contributed by atoms with Crippen molar-refractivity contribution >= 4 is 18.4 Å². The van der Waals surface area contributed by atoms with Gasteiger partial charge in [-0.3, -0.25) is 10.4 Å². The number of nitrogens with zero attached hydrogens (tertiary/aromatic N) is 2. The summed E-state index contributed by atoms with van der Waals surface area (Å²) in [5.74, 6) is 0.251. The van der Waals surface area contributed by atoms with Crippen LogP contribution in [-0.4, -0.2) is 25.4 Å². The van der Waals surface area contributed by atoms with Crippen molar-refractivity contribution in [1.29, 1.82) is 5.41 Å². The van der Waals surface area contributed by atoms with E-state index in [-0.39, 0.29) is 5.84 Å². The number of rotatable bonds is 3. The highest BCUT2D eigenvalue weighted by molar-refractivity contribution is 5.92. The first-order valence-electron chi connectivity index (χ1n) is 3.12. The van der Waals surface area contributed by atoms with Crippen molar-refractivity contribution in [2.24, 2.45) is 9.98 Å². The van der Waals surface area contributed by atoms with Gasteiger partial charge in [-0.2, -0.15) is 0 Å². The van der Waals surface area contributed by atoms with E-state index in [1.54, 1.807) is 14.0 Å². The van der Waals surface area contributed by atoms with Crippen molar-refractivity contribution in [1.82, 2.24) is 5.32 Å². The third kappa shape index (κ3) is 6.44. The quantitative estimate of drug-likeness (QED) is 0.456. The Morgan fingerprint density at radius 2 is 2.27 bits per heavy atom. The van der Waals surface area contributed by atoms with Crippen LogP contribution in [-0.2, 0) is 0 Å². The molecule has 0 aromatic heterocycles. The van der Waals surface area contributed by atoms with Crippen LogP contribution in [0.5, 0.6) is 0 Å². The van der Waals surface area contributed by atoms with Gasteiger partial charge in [-0.25, -0.2) is 4.99 Å². The molecule has 0 aliphatic carbocycles. The van der Waals surface area contributed by atoms with E-state index in [1.165, 1.54) is 12.6 Å². The van der Waals surface area contributed by atoms with Crippen molar-refractivity contribution in [2.75, 3.05) is 7.05 Å². The molecule has 0 rings (SSSR count). The summed E-state index contributed by atoms with van der Waals surface area (Å²) >= 11 is 0. The van der Waals surface area contributed by atoms with Gasteiger partial charge < -0.3 is 5.32 Å². The molecule has 4 nitrogen and oxygen atoms in total. The molecule has 0 aliphatic rings. The van der Waals surface area contributed by atoms with Gasteiger partial charge >= 0.3 is 0 Å². The Morgan fingerprint density at radius 1 is 1.64 bits per heavy atom. The summed E-state index contributed by atoms with van der Waals surface area (Å²) in [6.07, 6.45) is 2.98. The molecule has 0 atom stereocenters. The van der Waals surface area contributed by atoms with Crippen molar-refractivity contribution in [3.63, 3.8) is 0 Å². The molecule has 0 unspecified atom stereocenters. The number of allylic oxidation sites excluding steroid dienone is 1. The highest BCUT2D eigenvalue weighted by Gasteiger charge is 1.82. The molecule has 0 aromatic rings. The van der Waals surface area contributed by atoms with Crippen LogP contribution in [0.25, 0.3) is 0 Å². The molecule has 4 heteroatoms. The lowest BCUT2D eigenvalue weighted by Crippen LogP contribution is -2.10. The van der Waals surface area contributed by atoms with E-state index in [1.807, 2.05) is 0 Å². The zero-order valence-electron chi connectivity index (χ0n) is 6.76. The van der Waals surface area contributed by atoms with Crippen LogP contribution in [0.15, 0.2) is 22.3 Å². The van der Waals surface area contributed by atoms with E-state index in [4.69, 9.17) is 5.41 Å². The van der Waals surface area contributed by atoms with E-state index in [0.717, 1.165) is 0 Å². The predicted octanol–water partition coefficient (Wildman–Crippen LogP) is 0.816. The summed E-state index contributed by atoms with van der Waals surface area (Å²) in [5, 5.41) is 9.72. The fourth-order valence-corrected chi connectivity index (χ4v) is 0.359. The lowest BCUT2D eigenvalue weighted by atomic mass is 10.5. The molecule has 0 saturated heterocycles. The summed E-state index contributed by atoms with van der Waals surface area (Å²) in [6, 6.07) is 0. The van der Waals surface area contributed by atoms with Gasteiger partial charge in [0.05, 0.1) is 18.3 Å². The normalized spacial score (nSPS) is 10.7. The molecule has 0 aliphatic heterocycles. The molecule has 2 N–H and O–H groups in total. The SMILES string of the molecule is C=C(C=NC(C)=N)NC=NC. The van der Waals surface area contributed by atoms with E-state index in [2.05, 4.69) is 21.9 Å². The maximum atomic E-state index is 6.96. The minimum Gasteiger partial charge on any atom is -0.346 e. The zero-order chi connectivity index (χ0) is 8.69. The second kappa shape index (κ2) is 5.34. The number of amidine groups is 1. The van der Waals surface area contributed by atoms with Crippen LogP contribution in [0.1, 0.15) is 6.92 Å². The fourth-order valence-electron chi connectivity index (χ4n) is 0.359. The van der Waals surface area contributed by atoms with Gasteiger partial charge in [0.1, 0.15) is 5.84 Å². The Balaban J connectivity index is 3.78. The predicted molar refractivity (Wildman–Crippen MR) is 48.6 cm³/mol. The van der Waals surface area contributed by atoms with Gasteiger partial charge in [0.25, 0.3) is 0 Å². The van der Waals surface area contributed by atoms with Gasteiger partial charge in [-0.15, -0.1) is 0 Å². The number of hydrogen-bond acceptors (Lipinski definition) is 2. The van der Waals surface area contributed by atoms with Gasteiger partial charge in [-0.05, 0) is 6.92 Å². The van der Waals surface area contributed by atoms with Crippen LogP contribution < -0.4 is 5.32 Å². The van der Waals surface area contributed by atoms with E-state index in [0.29, 0.717) is 5.70 Å². The first-order chi connectivity index (χ1) is 5.16. The standard InChI is InChI=1S/C7H12N4/c1-6(11-5-9-3)4-10-7(2)8/h4-5,8H,1H2,2-3H3,(H,9,11). The number of aliphatic imine (C=N–C) groups is 2. The maximum Gasteiger partial charge on any atom is 0.117 e. The highest BCUT2D eigenvalue weighted by atomic mass is 14.9. The Hall–Kier alpha value is -1.45. The molecular formula is C7H12N4.